The van der Waals surface area contributed by atoms with Crippen molar-refractivity contribution >= 4 is 18.3 Å². The molecule has 0 saturated carbocycles. The molecule has 0 atom stereocenters. The van der Waals surface area contributed by atoms with Gasteiger partial charge in [0.25, 0.3) is 5.91 Å². The van der Waals surface area contributed by atoms with Gasteiger partial charge >= 0.3 is 0 Å². The van der Waals surface area contributed by atoms with Crippen molar-refractivity contribution in [2.24, 2.45) is 0 Å². The van der Waals surface area contributed by atoms with Gasteiger partial charge in [-0.1, -0.05) is 17.3 Å². The number of carbonyl (C=O) groups is 1. The fourth-order valence-electron chi connectivity index (χ4n) is 3.62. The number of piperidine rings is 1. The zero-order valence-electron chi connectivity index (χ0n) is 16.4. The number of hydrogen-bond acceptors (Lipinski definition) is 5. The summed E-state index contributed by atoms with van der Waals surface area (Å²) in [4.78, 5) is 14.4. The summed E-state index contributed by atoms with van der Waals surface area (Å²) in [6.07, 6.45) is 3.80. The molecule has 0 bridgehead atoms. The molecule has 1 N–H and O–H groups in total. The van der Waals surface area contributed by atoms with Crippen molar-refractivity contribution in [2.75, 3.05) is 27.2 Å². The number of benzene rings is 1. The second kappa shape index (κ2) is 9.19. The van der Waals surface area contributed by atoms with Crippen LogP contribution in [0.15, 0.2) is 18.3 Å². The van der Waals surface area contributed by atoms with Crippen LogP contribution >= 0.6 is 12.4 Å². The third-order valence-electron chi connectivity index (χ3n) is 4.90. The Kier molecular flexibility index (Phi) is 7.21. The smallest absolute Gasteiger partial charge is 0.276 e. The molecule has 27 heavy (non-hydrogen) atoms. The average Bonchev–Trinajstić information content (AvgIpc) is 3.11. The third kappa shape index (κ3) is 4.78. The molecule has 0 spiro atoms. The van der Waals surface area contributed by atoms with E-state index in [1.807, 2.05) is 18.5 Å². The van der Waals surface area contributed by atoms with E-state index < -0.39 is 0 Å². The number of nitrogens with one attached hydrogen (secondary N) is 1. The van der Waals surface area contributed by atoms with Gasteiger partial charge in [0.05, 0.1) is 19.3 Å². The highest BCUT2D eigenvalue weighted by Gasteiger charge is 2.21. The molecule has 2 aromatic rings. The zero-order valence-corrected chi connectivity index (χ0v) is 17.2. The van der Waals surface area contributed by atoms with E-state index in [0.29, 0.717) is 18.3 Å². The number of nitrogens with zero attached hydrogens (tertiary/aromatic N) is 4. The molecule has 1 amide bonds. The van der Waals surface area contributed by atoms with Crippen molar-refractivity contribution in [1.29, 1.82) is 0 Å². The Morgan fingerprint density at radius 1 is 1.30 bits per heavy atom. The first-order valence-electron chi connectivity index (χ1n) is 9.01. The van der Waals surface area contributed by atoms with Crippen molar-refractivity contribution < 1.29 is 9.53 Å². The number of methoxy groups -OCH3 is 1. The summed E-state index contributed by atoms with van der Waals surface area (Å²) < 4.78 is 7.24. The Morgan fingerprint density at radius 3 is 2.52 bits per heavy atom. The minimum absolute atomic E-state index is 0. The maximum Gasteiger partial charge on any atom is 0.276 e. The maximum absolute atomic E-state index is 12.7. The van der Waals surface area contributed by atoms with Crippen LogP contribution < -0.4 is 10.1 Å². The van der Waals surface area contributed by atoms with Crippen LogP contribution in [0.25, 0.3) is 0 Å². The van der Waals surface area contributed by atoms with Crippen LogP contribution in [0.2, 0.25) is 0 Å². The second-order valence-corrected chi connectivity index (χ2v) is 6.99. The van der Waals surface area contributed by atoms with Gasteiger partial charge in [-0.25, -0.2) is 4.68 Å². The molecule has 1 aliphatic rings. The van der Waals surface area contributed by atoms with Gasteiger partial charge in [0.15, 0.2) is 5.69 Å². The zero-order chi connectivity index (χ0) is 18.7. The van der Waals surface area contributed by atoms with E-state index in [0.717, 1.165) is 48.4 Å². The molecule has 1 saturated heterocycles. The molecule has 0 unspecified atom stereocenters. The highest BCUT2D eigenvalue weighted by molar-refractivity contribution is 5.91. The number of aromatic nitrogens is 3. The molecule has 0 aliphatic carbocycles. The molecule has 8 heteroatoms. The van der Waals surface area contributed by atoms with E-state index in [1.54, 1.807) is 25.3 Å². The lowest BCUT2D eigenvalue weighted by Gasteiger charge is -2.22. The summed E-state index contributed by atoms with van der Waals surface area (Å²) in [6, 6.07) is 4.44. The molecule has 0 radical (unpaired) electrons. The summed E-state index contributed by atoms with van der Waals surface area (Å²) in [7, 11) is 3.47. The number of aryl methyl sites for hydroxylation is 2. The Labute approximate surface area is 166 Å². The van der Waals surface area contributed by atoms with E-state index >= 15 is 0 Å². The predicted molar refractivity (Wildman–Crippen MR) is 107 cm³/mol. The molecule has 3 rings (SSSR count). The lowest BCUT2D eigenvalue weighted by molar-refractivity contribution is 0.0779. The highest BCUT2D eigenvalue weighted by Crippen LogP contribution is 2.25. The Bertz CT molecular complexity index is 763. The van der Waals surface area contributed by atoms with Gasteiger partial charge in [-0.05, 0) is 56.5 Å². The standard InChI is InChI=1S/C19H27N5O2.ClH/c1-13-9-15(10-14(2)18(13)26-4)11-23(3)19(25)17-12-24(22-21-17)16-5-7-20-8-6-16;/h9-10,12,16,20H,5-8,11H2,1-4H3;1H. The Hall–Kier alpha value is -2.12. The van der Waals surface area contributed by atoms with Gasteiger partial charge in [-0.2, -0.15) is 0 Å². The topological polar surface area (TPSA) is 72.3 Å². The number of ether oxygens (including phenoxy) is 1. The Morgan fingerprint density at radius 2 is 1.93 bits per heavy atom. The van der Waals surface area contributed by atoms with Crippen LogP contribution in [0.3, 0.4) is 0 Å². The molecular formula is C19H28ClN5O2. The number of amides is 1. The summed E-state index contributed by atoms with van der Waals surface area (Å²) >= 11 is 0. The van der Waals surface area contributed by atoms with Crippen LogP contribution in [0, 0.1) is 13.8 Å². The molecule has 1 aromatic heterocycles. The van der Waals surface area contributed by atoms with Crippen LogP contribution in [0.4, 0.5) is 0 Å². The van der Waals surface area contributed by atoms with E-state index in [4.69, 9.17) is 4.74 Å². The van der Waals surface area contributed by atoms with E-state index in [-0.39, 0.29) is 18.3 Å². The van der Waals surface area contributed by atoms with Crippen molar-refractivity contribution in [3.63, 3.8) is 0 Å². The van der Waals surface area contributed by atoms with Crippen molar-refractivity contribution in [1.82, 2.24) is 25.2 Å². The van der Waals surface area contributed by atoms with Crippen LogP contribution in [0.5, 0.6) is 5.75 Å². The maximum atomic E-state index is 12.7. The van der Waals surface area contributed by atoms with Crippen molar-refractivity contribution in [2.45, 2.75) is 39.3 Å². The van der Waals surface area contributed by atoms with Gasteiger partial charge in [-0.15, -0.1) is 17.5 Å². The first-order chi connectivity index (χ1) is 12.5. The first kappa shape index (κ1) is 21.2. The van der Waals surface area contributed by atoms with Crippen LogP contribution in [0.1, 0.15) is 46.1 Å². The number of halogens is 1. The monoisotopic (exact) mass is 393 g/mol. The molecule has 1 fully saturated rings. The third-order valence-corrected chi connectivity index (χ3v) is 4.90. The van der Waals surface area contributed by atoms with Gasteiger partial charge in [0, 0.05) is 13.6 Å². The molecule has 148 valence electrons. The first-order valence-corrected chi connectivity index (χ1v) is 9.01. The number of carbonyl (C=O) groups excluding carboxylic acids is 1. The highest BCUT2D eigenvalue weighted by atomic mass is 35.5. The summed E-state index contributed by atoms with van der Waals surface area (Å²) in [5.74, 6) is 0.781. The largest absolute Gasteiger partial charge is 0.496 e. The van der Waals surface area contributed by atoms with Crippen molar-refractivity contribution in [3.8, 4) is 5.75 Å². The molecule has 1 aromatic carbocycles. The van der Waals surface area contributed by atoms with E-state index in [9.17, 15) is 4.79 Å². The number of rotatable bonds is 5. The fourth-order valence-corrected chi connectivity index (χ4v) is 3.62. The quantitative estimate of drug-likeness (QED) is 0.845. The van der Waals surface area contributed by atoms with Crippen LogP contribution in [-0.2, 0) is 6.54 Å². The van der Waals surface area contributed by atoms with Gasteiger partial charge in [0.1, 0.15) is 5.75 Å². The SMILES string of the molecule is COc1c(C)cc(CN(C)C(=O)c2cn(C3CCNCC3)nn2)cc1C.Cl. The minimum atomic E-state index is -0.115. The lowest BCUT2D eigenvalue weighted by Crippen LogP contribution is -2.29. The number of hydrogen-bond donors (Lipinski definition) is 1. The van der Waals surface area contributed by atoms with Crippen LogP contribution in [-0.4, -0.2) is 53.0 Å². The summed E-state index contributed by atoms with van der Waals surface area (Å²) in [5, 5.41) is 11.6. The van der Waals surface area contributed by atoms with E-state index in [1.165, 1.54) is 0 Å². The van der Waals surface area contributed by atoms with Gasteiger partial charge in [-0.3, -0.25) is 4.79 Å². The normalized spacial score (nSPS) is 14.5. The van der Waals surface area contributed by atoms with Gasteiger partial charge in [0.2, 0.25) is 0 Å². The summed E-state index contributed by atoms with van der Waals surface area (Å²) in [5.41, 5.74) is 3.61. The Balaban J connectivity index is 0.00000261. The predicted octanol–water partition coefficient (Wildman–Crippen LogP) is 2.52. The molecule has 2 heterocycles. The fraction of sp³-hybridized carbons (Fsp3) is 0.526. The van der Waals surface area contributed by atoms with E-state index in [2.05, 4.69) is 27.8 Å². The molecular weight excluding hydrogens is 366 g/mol. The van der Waals surface area contributed by atoms with Gasteiger partial charge < -0.3 is 15.0 Å². The summed E-state index contributed by atoms with van der Waals surface area (Å²) in [6.45, 7) is 6.50. The molecule has 1 aliphatic heterocycles. The minimum Gasteiger partial charge on any atom is -0.496 e. The van der Waals surface area contributed by atoms with Crippen molar-refractivity contribution in [3.05, 3.63) is 40.7 Å². The second-order valence-electron chi connectivity index (χ2n) is 6.99. The lowest BCUT2D eigenvalue weighted by atomic mass is 10.1. The molecule has 7 nitrogen and oxygen atoms in total. The average molecular weight is 394 g/mol.